The Morgan fingerprint density at radius 3 is 2.63 bits per heavy atom. The van der Waals surface area contributed by atoms with E-state index in [0.717, 1.165) is 38.5 Å². The van der Waals surface area contributed by atoms with Gasteiger partial charge >= 0.3 is 12.1 Å². The summed E-state index contributed by atoms with van der Waals surface area (Å²) in [5.74, 6) is -2.95. The molecule has 276 valence electrons. The smallest absolute Gasteiger partial charge is 0.407 e. The third-order valence-electron chi connectivity index (χ3n) is 10.5. The van der Waals surface area contributed by atoms with Gasteiger partial charge in [-0.1, -0.05) is 25.5 Å². The summed E-state index contributed by atoms with van der Waals surface area (Å²) < 4.78 is 19.2. The predicted molar refractivity (Wildman–Crippen MR) is 191 cm³/mol. The summed E-state index contributed by atoms with van der Waals surface area (Å²) in [6.45, 7) is 13.1. The van der Waals surface area contributed by atoms with Gasteiger partial charge in [0.1, 0.15) is 18.0 Å². The molecule has 7 atom stereocenters. The minimum absolute atomic E-state index is 0.0670. The van der Waals surface area contributed by atoms with E-state index in [2.05, 4.69) is 16.9 Å². The highest BCUT2D eigenvalue weighted by molar-refractivity contribution is 7.18. The number of carbonyl (C=O) groups excluding carboxylic acids is 5. The molecule has 2 saturated heterocycles. The number of carbonyl (C=O) groups is 5. The molecule has 0 spiro atoms. The van der Waals surface area contributed by atoms with Crippen molar-refractivity contribution in [3.05, 3.63) is 53.6 Å². The quantitative estimate of drug-likeness (QED) is 0.117. The number of hydrogen-bond donors (Lipinski definition) is 2. The summed E-state index contributed by atoms with van der Waals surface area (Å²) in [6, 6.07) is 5.81. The van der Waals surface area contributed by atoms with Gasteiger partial charge < -0.3 is 24.6 Å². The number of fused-ring (bicyclic) bond motifs is 2. The van der Waals surface area contributed by atoms with Crippen LogP contribution in [0.15, 0.2) is 43.0 Å². The topological polar surface area (TPSA) is 165 Å². The Labute approximate surface area is 302 Å². The number of epoxide rings is 1. The summed E-state index contributed by atoms with van der Waals surface area (Å²) in [7, 11) is 0. The number of ether oxygens (including phenoxy) is 3. The number of alkyl carbamates (subject to hydrolysis) is 1. The van der Waals surface area contributed by atoms with Crippen molar-refractivity contribution in [1.82, 2.24) is 15.2 Å². The molecule has 4 heterocycles. The molecule has 0 unspecified atom stereocenters. The third kappa shape index (κ3) is 8.93. The number of nitrogens with zero attached hydrogens (tertiary/aromatic N) is 2. The summed E-state index contributed by atoms with van der Waals surface area (Å²) in [4.78, 5) is 70.8. The average molecular weight is 724 g/mol. The molecule has 1 aromatic heterocycles. The molecule has 0 bridgehead atoms. The molecule has 3 aliphatic heterocycles. The van der Waals surface area contributed by atoms with Gasteiger partial charge in [0, 0.05) is 37.6 Å². The van der Waals surface area contributed by atoms with Gasteiger partial charge in [-0.3, -0.25) is 24.1 Å². The van der Waals surface area contributed by atoms with E-state index >= 15 is 0 Å². The van der Waals surface area contributed by atoms with Crippen LogP contribution < -0.4 is 5.32 Å². The van der Waals surface area contributed by atoms with Crippen LogP contribution in [0.1, 0.15) is 89.3 Å². The van der Waals surface area contributed by atoms with Crippen LogP contribution in [0.5, 0.6) is 0 Å². The maximum atomic E-state index is 14.3. The predicted octanol–water partition coefficient (Wildman–Crippen LogP) is 5.51. The molecule has 0 saturated carbocycles. The molecule has 2 N–H and O–H groups in total. The molecule has 13 heteroatoms. The van der Waals surface area contributed by atoms with Crippen molar-refractivity contribution in [2.45, 2.75) is 110 Å². The monoisotopic (exact) mass is 723 g/mol. The van der Waals surface area contributed by atoms with Crippen molar-refractivity contribution in [3.63, 3.8) is 0 Å². The summed E-state index contributed by atoms with van der Waals surface area (Å²) in [6.07, 6.45) is 2.60. The molecule has 2 aromatic rings. The minimum Gasteiger partial charge on any atom is -0.457 e. The number of aryl methyl sites for hydroxylation is 1. The maximum Gasteiger partial charge on any atom is 0.407 e. The van der Waals surface area contributed by atoms with E-state index < -0.39 is 65.5 Å². The zero-order valence-corrected chi connectivity index (χ0v) is 30.8. The second kappa shape index (κ2) is 15.7. The van der Waals surface area contributed by atoms with Crippen LogP contribution in [-0.2, 0) is 33.4 Å². The number of amides is 3. The molecule has 5 rings (SSSR count). The maximum absolute atomic E-state index is 14.3. The molecule has 3 aliphatic rings. The minimum atomic E-state index is -1.42. The first kappa shape index (κ1) is 38.3. The van der Waals surface area contributed by atoms with Gasteiger partial charge in [0.15, 0.2) is 0 Å². The lowest BCUT2D eigenvalue weighted by molar-refractivity contribution is -0.156. The standard InChI is InChI=1S/C38H49N3O9S/c1-7-10-25-34(45)22(2)11-8-16-38(6)30(50-38)20-27(24-12-13-28-26(19-24)40-23(3)51-28)48-33(44)21-29(37(4,5)35(25)46)49-36(47)39-17-9-18-41-31(42)14-15-32(41)43/h7,12-15,19,22,25,27,29-30,34,45H,1,8-11,16-18,20-21H2,2-6H3,(H,39,47)/t22-,25+,27-,29-,30+,34-,38-/m0/s1. The van der Waals surface area contributed by atoms with E-state index in [4.69, 9.17) is 14.2 Å². The van der Waals surface area contributed by atoms with E-state index in [1.807, 2.05) is 39.0 Å². The van der Waals surface area contributed by atoms with Crippen LogP contribution in [-0.4, -0.2) is 81.7 Å². The third-order valence-corrected chi connectivity index (χ3v) is 11.4. The first-order valence-electron chi connectivity index (χ1n) is 17.7. The second-order valence-electron chi connectivity index (χ2n) is 14.7. The highest BCUT2D eigenvalue weighted by Gasteiger charge is 2.53. The van der Waals surface area contributed by atoms with Crippen molar-refractivity contribution in [1.29, 1.82) is 0 Å². The Balaban J connectivity index is 1.39. The number of aromatic nitrogens is 1. The Kier molecular flexibility index (Phi) is 11.8. The lowest BCUT2D eigenvalue weighted by atomic mass is 9.71. The number of hydrogen-bond acceptors (Lipinski definition) is 11. The molecule has 3 amide bonds. The molecule has 0 aliphatic carbocycles. The molecule has 12 nitrogen and oxygen atoms in total. The first-order valence-corrected chi connectivity index (χ1v) is 18.5. The Bertz CT molecular complexity index is 1680. The molecule has 51 heavy (non-hydrogen) atoms. The van der Waals surface area contributed by atoms with Gasteiger partial charge in [0.25, 0.3) is 11.8 Å². The highest BCUT2D eigenvalue weighted by Crippen LogP contribution is 2.47. The summed E-state index contributed by atoms with van der Waals surface area (Å²) in [5, 5.41) is 15.0. The van der Waals surface area contributed by atoms with Crippen LogP contribution in [0, 0.1) is 24.2 Å². The van der Waals surface area contributed by atoms with Gasteiger partial charge in [-0.05, 0) is 77.0 Å². The molecule has 0 radical (unpaired) electrons. The number of aliphatic hydroxyl groups excluding tert-OH is 1. The number of allylic oxidation sites excluding steroid dienone is 1. The van der Waals surface area contributed by atoms with Crippen molar-refractivity contribution in [3.8, 4) is 0 Å². The van der Waals surface area contributed by atoms with Gasteiger partial charge in [-0.2, -0.15) is 0 Å². The number of nitrogens with one attached hydrogen (secondary N) is 1. The van der Waals surface area contributed by atoms with E-state index in [0.29, 0.717) is 12.8 Å². The molecular weight excluding hydrogens is 674 g/mol. The number of benzene rings is 1. The van der Waals surface area contributed by atoms with Crippen molar-refractivity contribution in [2.75, 3.05) is 13.1 Å². The number of esters is 1. The lowest BCUT2D eigenvalue weighted by Gasteiger charge is -2.37. The fourth-order valence-electron chi connectivity index (χ4n) is 7.13. The van der Waals surface area contributed by atoms with Crippen molar-refractivity contribution < 1.29 is 43.3 Å². The second-order valence-corrected chi connectivity index (χ2v) is 15.9. The number of rotatable bonds is 8. The number of aliphatic hydroxyl groups is 1. The van der Waals surface area contributed by atoms with Gasteiger partial charge in [-0.15, -0.1) is 17.9 Å². The summed E-state index contributed by atoms with van der Waals surface area (Å²) >= 11 is 1.58. The van der Waals surface area contributed by atoms with Crippen LogP contribution in [0.2, 0.25) is 0 Å². The van der Waals surface area contributed by atoms with Crippen LogP contribution in [0.25, 0.3) is 10.2 Å². The Morgan fingerprint density at radius 2 is 1.92 bits per heavy atom. The average Bonchev–Trinajstić information content (AvgIpc) is 3.36. The van der Waals surface area contributed by atoms with Crippen LogP contribution in [0.4, 0.5) is 4.79 Å². The van der Waals surface area contributed by atoms with Crippen LogP contribution >= 0.6 is 11.3 Å². The highest BCUT2D eigenvalue weighted by atomic mass is 32.1. The molecule has 2 fully saturated rings. The van der Waals surface area contributed by atoms with E-state index in [-0.39, 0.29) is 43.7 Å². The number of cyclic esters (lactones) is 1. The zero-order valence-electron chi connectivity index (χ0n) is 30.0. The summed E-state index contributed by atoms with van der Waals surface area (Å²) in [5.41, 5.74) is -0.273. The number of Topliss-reactive ketones (excluding diaryl/α,β-unsaturated/α-hetero) is 1. The fourth-order valence-corrected chi connectivity index (χ4v) is 7.93. The fraction of sp³-hybridized carbons (Fsp3) is 0.579. The largest absolute Gasteiger partial charge is 0.457 e. The number of thiazole rings is 1. The van der Waals surface area contributed by atoms with Crippen LogP contribution in [0.3, 0.4) is 0 Å². The number of imide groups is 1. The van der Waals surface area contributed by atoms with E-state index in [1.54, 1.807) is 31.3 Å². The molecule has 1 aromatic carbocycles. The van der Waals surface area contributed by atoms with Gasteiger partial charge in [-0.25, -0.2) is 9.78 Å². The van der Waals surface area contributed by atoms with Crippen molar-refractivity contribution >= 4 is 51.2 Å². The number of ketones is 1. The Hall–Kier alpha value is -3.94. The molecular formula is C38H49N3O9S. The van der Waals surface area contributed by atoms with E-state index in [9.17, 15) is 29.1 Å². The lowest BCUT2D eigenvalue weighted by Crippen LogP contribution is -2.49. The SMILES string of the molecule is C=CC[C@H]1C(=O)C(C)(C)[C@@H](OC(=O)NCCCN2C(=O)C=CC2=O)CC(=O)O[C@H](c2ccc3sc(C)nc3c2)C[C@H]2O[C@@]2(C)CCC[C@H](C)[C@@H]1O. The van der Waals surface area contributed by atoms with Gasteiger partial charge in [0.2, 0.25) is 0 Å². The zero-order chi connectivity index (χ0) is 37.1. The van der Waals surface area contributed by atoms with E-state index in [1.165, 1.54) is 12.2 Å². The first-order chi connectivity index (χ1) is 24.1. The van der Waals surface area contributed by atoms with Crippen molar-refractivity contribution in [2.24, 2.45) is 17.3 Å². The van der Waals surface area contributed by atoms with Gasteiger partial charge in [0.05, 0.1) is 44.9 Å². The Morgan fingerprint density at radius 1 is 1.20 bits per heavy atom. The normalized spacial score (nSPS) is 30.2.